The fraction of sp³-hybridized carbons (Fsp3) is 0.130. The van der Waals surface area contributed by atoms with E-state index >= 15 is 0 Å². The second-order valence-corrected chi connectivity index (χ2v) is 7.44. The first-order valence-corrected chi connectivity index (χ1v) is 10.0. The first kappa shape index (κ1) is 19.2. The molecule has 0 saturated carbocycles. The summed E-state index contributed by atoms with van der Waals surface area (Å²) in [6, 6.07) is 17.7. The molecule has 1 aliphatic rings. The molecule has 1 heterocycles. The Morgan fingerprint density at radius 3 is 2.48 bits per heavy atom. The van der Waals surface area contributed by atoms with Crippen LogP contribution in [0.2, 0.25) is 0 Å². The molecule has 6 heteroatoms. The number of ether oxygens (including phenoxy) is 1. The average Bonchev–Trinajstić information content (AvgIpc) is 3.04. The molecule has 4 nitrogen and oxygen atoms in total. The molecule has 0 unspecified atom stereocenters. The average molecular weight is 406 g/mol. The molecule has 29 heavy (non-hydrogen) atoms. The highest BCUT2D eigenvalue weighted by molar-refractivity contribution is 8.18. The van der Waals surface area contributed by atoms with Crippen LogP contribution in [0.3, 0.4) is 0 Å². The van der Waals surface area contributed by atoms with Crippen LogP contribution in [0.4, 0.5) is 10.1 Å². The minimum absolute atomic E-state index is 0.0849. The number of rotatable bonds is 4. The largest absolute Gasteiger partial charge is 0.496 e. The van der Waals surface area contributed by atoms with E-state index in [2.05, 4.69) is 4.99 Å². The summed E-state index contributed by atoms with van der Waals surface area (Å²) in [7, 11) is 1.65. The number of thioether (sulfide) groups is 1. The highest BCUT2D eigenvalue weighted by Gasteiger charge is 2.32. The summed E-state index contributed by atoms with van der Waals surface area (Å²) in [6.07, 6.45) is 1.89. The third kappa shape index (κ3) is 3.76. The lowest BCUT2D eigenvalue weighted by Gasteiger charge is -2.12. The van der Waals surface area contributed by atoms with E-state index in [4.69, 9.17) is 4.74 Å². The summed E-state index contributed by atoms with van der Waals surface area (Å²) in [5, 5.41) is 2.60. The van der Waals surface area contributed by atoms with Gasteiger partial charge in [-0.1, -0.05) is 30.3 Å². The minimum atomic E-state index is -0.316. The maximum absolute atomic E-state index is 13.2. The smallest absolute Gasteiger partial charge is 0.266 e. The molecule has 0 aliphatic carbocycles. The Hall–Kier alpha value is -3.12. The van der Waals surface area contributed by atoms with E-state index in [1.54, 1.807) is 24.1 Å². The van der Waals surface area contributed by atoms with Crippen LogP contribution in [-0.2, 0) is 4.79 Å². The lowest BCUT2D eigenvalue weighted by Crippen LogP contribution is -2.28. The number of methoxy groups -OCH3 is 1. The number of amides is 1. The van der Waals surface area contributed by atoms with Gasteiger partial charge in [-0.25, -0.2) is 9.38 Å². The fourth-order valence-electron chi connectivity index (χ4n) is 3.24. The lowest BCUT2D eigenvalue weighted by molar-refractivity contribution is -0.122. The maximum atomic E-state index is 13.2. The fourth-order valence-corrected chi connectivity index (χ4v) is 4.29. The van der Waals surface area contributed by atoms with Gasteiger partial charge in [-0.15, -0.1) is 0 Å². The lowest BCUT2D eigenvalue weighted by atomic mass is 10.0. The van der Waals surface area contributed by atoms with Crippen molar-refractivity contribution in [2.75, 3.05) is 13.7 Å². The predicted molar refractivity (Wildman–Crippen MR) is 117 cm³/mol. The van der Waals surface area contributed by atoms with Crippen LogP contribution in [-0.4, -0.2) is 29.6 Å². The van der Waals surface area contributed by atoms with E-state index in [9.17, 15) is 9.18 Å². The highest BCUT2D eigenvalue weighted by atomic mass is 32.2. The third-order valence-corrected chi connectivity index (χ3v) is 5.69. The summed E-state index contributed by atoms with van der Waals surface area (Å²) in [5.74, 6) is 0.392. The van der Waals surface area contributed by atoms with Gasteiger partial charge in [0.25, 0.3) is 5.91 Å². The molecule has 0 radical (unpaired) electrons. The molecule has 0 aromatic heterocycles. The number of likely N-dealkylation sites (N-methyl/N-ethyl adjacent to an activating group) is 1. The van der Waals surface area contributed by atoms with Crippen LogP contribution in [0.25, 0.3) is 16.8 Å². The van der Waals surface area contributed by atoms with Crippen LogP contribution < -0.4 is 4.74 Å². The second kappa shape index (κ2) is 8.09. The Bertz CT molecular complexity index is 1140. The topological polar surface area (TPSA) is 41.9 Å². The molecule has 0 spiro atoms. The summed E-state index contributed by atoms with van der Waals surface area (Å²) in [4.78, 5) is 19.7. The van der Waals surface area contributed by atoms with Crippen molar-refractivity contribution in [3.05, 3.63) is 76.9 Å². The molecule has 1 amide bonds. The van der Waals surface area contributed by atoms with Gasteiger partial charge < -0.3 is 4.74 Å². The standard InChI is InChI=1S/C23H19FN2O2S/c1-3-26-22(27)21(29-23(26)25-17-11-9-16(24)10-12-17)14-15-8-13-20(28-2)19-7-5-4-6-18(15)19/h4-14H,3H2,1-2H3/b21-14+,25-23?. The van der Waals surface area contributed by atoms with E-state index in [0.717, 1.165) is 22.1 Å². The quantitative estimate of drug-likeness (QED) is 0.529. The van der Waals surface area contributed by atoms with Crippen LogP contribution >= 0.6 is 11.8 Å². The van der Waals surface area contributed by atoms with Crippen molar-refractivity contribution in [2.45, 2.75) is 6.92 Å². The minimum Gasteiger partial charge on any atom is -0.496 e. The molecule has 1 saturated heterocycles. The number of hydrogen-bond acceptors (Lipinski definition) is 4. The molecule has 146 valence electrons. The van der Waals surface area contributed by atoms with Gasteiger partial charge in [0.1, 0.15) is 11.6 Å². The van der Waals surface area contributed by atoms with Gasteiger partial charge >= 0.3 is 0 Å². The van der Waals surface area contributed by atoms with Crippen LogP contribution in [0.5, 0.6) is 5.75 Å². The molecule has 0 atom stereocenters. The van der Waals surface area contributed by atoms with Gasteiger partial charge in [-0.3, -0.25) is 9.69 Å². The molecule has 3 aromatic rings. The Labute approximate surface area is 172 Å². The molecule has 4 rings (SSSR count). The van der Waals surface area contributed by atoms with Gasteiger partial charge in [-0.05, 0) is 66.0 Å². The number of aliphatic imine (C=N–C) groups is 1. The van der Waals surface area contributed by atoms with Crippen LogP contribution in [0.15, 0.2) is 70.6 Å². The van der Waals surface area contributed by atoms with E-state index in [-0.39, 0.29) is 11.7 Å². The predicted octanol–water partition coefficient (Wildman–Crippen LogP) is 5.61. The molecule has 0 N–H and O–H groups in total. The number of nitrogens with zero attached hydrogens (tertiary/aromatic N) is 2. The third-order valence-electron chi connectivity index (χ3n) is 4.68. The molecule has 3 aromatic carbocycles. The maximum Gasteiger partial charge on any atom is 0.266 e. The van der Waals surface area contributed by atoms with Gasteiger partial charge in [0, 0.05) is 11.9 Å². The Morgan fingerprint density at radius 2 is 1.79 bits per heavy atom. The van der Waals surface area contributed by atoms with Crippen molar-refractivity contribution in [1.29, 1.82) is 0 Å². The van der Waals surface area contributed by atoms with E-state index in [1.807, 2.05) is 49.4 Å². The summed E-state index contributed by atoms with van der Waals surface area (Å²) in [6.45, 7) is 2.41. The van der Waals surface area contributed by atoms with Gasteiger partial charge in [0.05, 0.1) is 17.7 Å². The highest BCUT2D eigenvalue weighted by Crippen LogP contribution is 2.36. The van der Waals surface area contributed by atoms with E-state index < -0.39 is 0 Å². The summed E-state index contributed by atoms with van der Waals surface area (Å²) >= 11 is 1.33. The van der Waals surface area contributed by atoms with Gasteiger partial charge in [-0.2, -0.15) is 0 Å². The number of hydrogen-bond donors (Lipinski definition) is 0. The van der Waals surface area contributed by atoms with Gasteiger partial charge in [0.2, 0.25) is 0 Å². The molecular formula is C23H19FN2O2S. The Morgan fingerprint density at radius 1 is 1.07 bits per heavy atom. The first-order chi connectivity index (χ1) is 14.1. The SMILES string of the molecule is CCN1C(=O)/C(=C\c2ccc(OC)c3ccccc23)SC1=Nc1ccc(F)cc1. The number of amidine groups is 1. The number of carbonyl (C=O) groups is 1. The molecule has 1 fully saturated rings. The molecule has 0 bridgehead atoms. The van der Waals surface area contributed by atoms with Crippen molar-refractivity contribution in [2.24, 2.45) is 4.99 Å². The number of fused-ring (bicyclic) bond motifs is 1. The zero-order chi connectivity index (χ0) is 20.4. The van der Waals surface area contributed by atoms with Crippen molar-refractivity contribution in [3.8, 4) is 5.75 Å². The number of halogens is 1. The summed E-state index contributed by atoms with van der Waals surface area (Å²) < 4.78 is 18.6. The van der Waals surface area contributed by atoms with Crippen molar-refractivity contribution in [3.63, 3.8) is 0 Å². The van der Waals surface area contributed by atoms with Crippen LogP contribution in [0.1, 0.15) is 12.5 Å². The summed E-state index contributed by atoms with van der Waals surface area (Å²) in [5.41, 5.74) is 1.55. The van der Waals surface area contributed by atoms with E-state index in [1.165, 1.54) is 23.9 Å². The number of benzene rings is 3. The Balaban J connectivity index is 1.74. The van der Waals surface area contributed by atoms with E-state index in [0.29, 0.717) is 22.3 Å². The van der Waals surface area contributed by atoms with Crippen molar-refractivity contribution < 1.29 is 13.9 Å². The molecule has 1 aliphatic heterocycles. The van der Waals surface area contributed by atoms with Crippen molar-refractivity contribution >= 4 is 45.4 Å². The first-order valence-electron chi connectivity index (χ1n) is 9.22. The zero-order valence-electron chi connectivity index (χ0n) is 16.1. The van der Waals surface area contributed by atoms with Gasteiger partial charge in [0.15, 0.2) is 5.17 Å². The zero-order valence-corrected chi connectivity index (χ0v) is 16.9. The van der Waals surface area contributed by atoms with Crippen LogP contribution in [0, 0.1) is 5.82 Å². The normalized spacial score (nSPS) is 16.9. The second-order valence-electron chi connectivity index (χ2n) is 6.43. The monoisotopic (exact) mass is 406 g/mol. The number of carbonyl (C=O) groups excluding carboxylic acids is 1. The molecular weight excluding hydrogens is 387 g/mol. The Kier molecular flexibility index (Phi) is 5.36. The van der Waals surface area contributed by atoms with Crippen molar-refractivity contribution in [1.82, 2.24) is 4.90 Å².